The normalized spacial score (nSPS) is 18.5. The van der Waals surface area contributed by atoms with E-state index in [1.54, 1.807) is 0 Å². The van der Waals surface area contributed by atoms with Crippen molar-refractivity contribution >= 4 is 69.8 Å². The van der Waals surface area contributed by atoms with E-state index in [9.17, 15) is 0 Å². The Hall–Kier alpha value is -6.02. The van der Waals surface area contributed by atoms with Crippen LogP contribution in [0.25, 0.3) is 58.4 Å². The van der Waals surface area contributed by atoms with Crippen molar-refractivity contribution in [3.63, 3.8) is 0 Å². The van der Waals surface area contributed by atoms with Crippen molar-refractivity contribution in [3.05, 3.63) is 223 Å². The molecule has 0 saturated carbocycles. The molecule has 1 heterocycles. The molecule has 274 valence electrons. The summed E-state index contributed by atoms with van der Waals surface area (Å²) in [5, 5.41) is 7.73. The number of rotatable bonds is 6. The van der Waals surface area contributed by atoms with Gasteiger partial charge >= 0.3 is 0 Å². The highest BCUT2D eigenvalue weighted by molar-refractivity contribution is 7.25. The van der Waals surface area contributed by atoms with E-state index >= 15 is 0 Å². The second-order valence-electron chi connectivity index (χ2n) is 15.0. The van der Waals surface area contributed by atoms with Gasteiger partial charge < -0.3 is 0 Å². The molecule has 2 aliphatic rings. The number of hydrogen-bond donors (Lipinski definition) is 0. The summed E-state index contributed by atoms with van der Waals surface area (Å²) in [6, 6.07) is 39.9. The summed E-state index contributed by atoms with van der Waals surface area (Å²) >= 11 is 1.89. The standard InChI is InChI=1S/C55H48S/c1-5-50-47(54-48-38-49-46-32-23-24-34-52(46)56-53(49)37-41(48)35-36-51(54)55(50,3)4)33-20-12-11-15-25-39(2)42-28-18-13-14-19-29-43(45-31-22-21-30-44(42)45)40-26-16-9-7-6-8-10-17-27-40/h5-7,9-19,21-25,27-38H,2,8,20,26H2,1,3-4H3/b7-6-,12-11+,14-13?,16-9-,17-10-,18-13?,19-14?,25-15-,28-18?,29-19?,40-27?,42-28?,43-29?,44-42?,45-43?,47-33+,50-5+. The Morgan fingerprint density at radius 1 is 0.714 bits per heavy atom. The van der Waals surface area contributed by atoms with E-state index in [1.807, 2.05) is 11.3 Å². The number of thiophene rings is 1. The van der Waals surface area contributed by atoms with Gasteiger partial charge in [-0.15, -0.1) is 11.3 Å². The quantitative estimate of drug-likeness (QED) is 0.149. The molecule has 0 nitrogen and oxygen atoms in total. The molecule has 2 aliphatic carbocycles. The summed E-state index contributed by atoms with van der Waals surface area (Å²) in [4.78, 5) is 0. The van der Waals surface area contributed by atoms with E-state index in [2.05, 4.69) is 216 Å². The maximum Gasteiger partial charge on any atom is 0.0361 e. The van der Waals surface area contributed by atoms with Crippen LogP contribution in [-0.4, -0.2) is 0 Å². The molecule has 0 bridgehead atoms. The van der Waals surface area contributed by atoms with E-state index in [4.69, 9.17) is 0 Å². The van der Waals surface area contributed by atoms with Crippen LogP contribution in [0.15, 0.2) is 200 Å². The molecule has 0 atom stereocenters. The van der Waals surface area contributed by atoms with Crippen molar-refractivity contribution in [1.82, 2.24) is 0 Å². The minimum Gasteiger partial charge on any atom is -0.135 e. The minimum atomic E-state index is -0.0641. The van der Waals surface area contributed by atoms with E-state index < -0.39 is 0 Å². The second kappa shape index (κ2) is 16.4. The van der Waals surface area contributed by atoms with Crippen LogP contribution in [0.2, 0.25) is 0 Å². The third-order valence-corrected chi connectivity index (χ3v) is 12.3. The Balaban J connectivity index is 1.11. The number of benzene rings is 4. The first-order chi connectivity index (χ1) is 27.5. The molecule has 0 fully saturated rings. The molecule has 0 radical (unpaired) electrons. The Labute approximate surface area is 336 Å². The number of allylic oxidation sites excluding steroid dienone is 17. The lowest BCUT2D eigenvalue weighted by Gasteiger charge is -2.21. The molecule has 5 aromatic carbocycles. The van der Waals surface area contributed by atoms with Crippen LogP contribution in [0.5, 0.6) is 0 Å². The summed E-state index contributed by atoms with van der Waals surface area (Å²) in [6.45, 7) is 11.5. The molecule has 0 saturated heterocycles. The van der Waals surface area contributed by atoms with Crippen LogP contribution in [-0.2, 0) is 5.41 Å². The number of fused-ring (bicyclic) bond motifs is 7. The van der Waals surface area contributed by atoms with Gasteiger partial charge in [-0.2, -0.15) is 0 Å². The molecule has 6 aromatic rings. The van der Waals surface area contributed by atoms with Gasteiger partial charge in [0, 0.05) is 25.6 Å². The van der Waals surface area contributed by atoms with Crippen LogP contribution in [0.3, 0.4) is 0 Å². The summed E-state index contributed by atoms with van der Waals surface area (Å²) in [5.41, 5.74) is 10.1. The van der Waals surface area contributed by atoms with Gasteiger partial charge in [-0.3, -0.25) is 0 Å². The highest BCUT2D eigenvalue weighted by atomic mass is 32.1. The van der Waals surface area contributed by atoms with Crippen molar-refractivity contribution < 1.29 is 0 Å². The molecule has 0 aliphatic heterocycles. The lowest BCUT2D eigenvalue weighted by molar-refractivity contribution is 0.660. The predicted molar refractivity (Wildman–Crippen MR) is 250 cm³/mol. The van der Waals surface area contributed by atoms with Gasteiger partial charge in [0.1, 0.15) is 0 Å². The van der Waals surface area contributed by atoms with Crippen LogP contribution >= 0.6 is 11.3 Å². The molecule has 0 N–H and O–H groups in total. The maximum absolute atomic E-state index is 4.58. The van der Waals surface area contributed by atoms with Gasteiger partial charge in [0.2, 0.25) is 0 Å². The summed E-state index contributed by atoms with van der Waals surface area (Å²) in [7, 11) is 0. The topological polar surface area (TPSA) is 0 Å². The highest BCUT2D eigenvalue weighted by Crippen LogP contribution is 2.53. The third kappa shape index (κ3) is 7.24. The van der Waals surface area contributed by atoms with Crippen LogP contribution in [0.1, 0.15) is 62.3 Å². The monoisotopic (exact) mass is 740 g/mol. The molecular formula is C55H48S. The Bertz CT molecular complexity index is 2810. The summed E-state index contributed by atoms with van der Waals surface area (Å²) in [5.74, 6) is 0. The Kier molecular flexibility index (Phi) is 10.8. The van der Waals surface area contributed by atoms with Crippen molar-refractivity contribution in [2.45, 2.75) is 45.4 Å². The zero-order valence-electron chi connectivity index (χ0n) is 32.6. The summed E-state index contributed by atoms with van der Waals surface area (Å²) in [6.07, 6.45) is 31.4. The van der Waals surface area contributed by atoms with Crippen molar-refractivity contribution in [2.24, 2.45) is 0 Å². The molecule has 0 spiro atoms. The van der Waals surface area contributed by atoms with Gasteiger partial charge in [0.15, 0.2) is 0 Å². The zero-order chi connectivity index (χ0) is 38.5. The van der Waals surface area contributed by atoms with Crippen LogP contribution in [0.4, 0.5) is 0 Å². The largest absolute Gasteiger partial charge is 0.135 e. The summed E-state index contributed by atoms with van der Waals surface area (Å²) < 4.78 is 2.70. The van der Waals surface area contributed by atoms with Gasteiger partial charge in [0.25, 0.3) is 0 Å². The van der Waals surface area contributed by atoms with Gasteiger partial charge in [-0.05, 0) is 110 Å². The average molecular weight is 741 g/mol. The SMILES string of the molecule is C=C(/C=C\C=C\C/C=C1\C(=C/C)C(C)(C)c2ccc3cc4sc5ccccc5c4cc3c21)c1ccccccc(C2=C/C=C\C/C=C\C=C/C2)c2ccccc12. The fourth-order valence-electron chi connectivity index (χ4n) is 8.47. The lowest BCUT2D eigenvalue weighted by Crippen LogP contribution is -2.14. The first kappa shape index (κ1) is 36.9. The van der Waals surface area contributed by atoms with Gasteiger partial charge in [-0.25, -0.2) is 0 Å². The minimum absolute atomic E-state index is 0.0641. The van der Waals surface area contributed by atoms with Crippen LogP contribution < -0.4 is 0 Å². The maximum atomic E-state index is 4.58. The van der Waals surface area contributed by atoms with Crippen LogP contribution in [0, 0.1) is 0 Å². The second-order valence-corrected chi connectivity index (χ2v) is 16.1. The predicted octanol–water partition coefficient (Wildman–Crippen LogP) is 16.2. The Morgan fingerprint density at radius 2 is 1.46 bits per heavy atom. The first-order valence-electron chi connectivity index (χ1n) is 19.8. The van der Waals surface area contributed by atoms with Gasteiger partial charge in [-0.1, -0.05) is 190 Å². The first-order valence-corrected chi connectivity index (χ1v) is 20.6. The smallest absolute Gasteiger partial charge is 0.0361 e. The average Bonchev–Trinajstić information content (AvgIpc) is 3.68. The third-order valence-electron chi connectivity index (χ3n) is 11.2. The van der Waals surface area contributed by atoms with E-state index in [1.165, 1.54) is 75.1 Å². The zero-order valence-corrected chi connectivity index (χ0v) is 33.5. The van der Waals surface area contributed by atoms with Crippen molar-refractivity contribution in [3.8, 4) is 0 Å². The van der Waals surface area contributed by atoms with E-state index in [0.717, 1.165) is 30.4 Å². The number of hydrogen-bond acceptors (Lipinski definition) is 1. The van der Waals surface area contributed by atoms with Crippen molar-refractivity contribution in [2.75, 3.05) is 0 Å². The fraction of sp³-hybridized carbons (Fsp3) is 0.127. The Morgan fingerprint density at radius 3 is 2.32 bits per heavy atom. The van der Waals surface area contributed by atoms with Crippen molar-refractivity contribution in [1.29, 1.82) is 0 Å². The lowest BCUT2D eigenvalue weighted by atomic mass is 9.82. The fourth-order valence-corrected chi connectivity index (χ4v) is 9.60. The molecule has 0 amide bonds. The molecule has 1 heteroatoms. The highest BCUT2D eigenvalue weighted by Gasteiger charge is 2.38. The molecule has 56 heavy (non-hydrogen) atoms. The van der Waals surface area contributed by atoms with Gasteiger partial charge in [0.05, 0.1) is 0 Å². The molecule has 0 unspecified atom stereocenters. The molecule has 8 rings (SSSR count). The molecular weight excluding hydrogens is 693 g/mol. The van der Waals surface area contributed by atoms with E-state index in [0.29, 0.717) is 0 Å². The molecule has 1 aromatic heterocycles. The van der Waals surface area contributed by atoms with E-state index in [-0.39, 0.29) is 5.41 Å².